The topological polar surface area (TPSA) is 86.6 Å². The van der Waals surface area contributed by atoms with E-state index in [9.17, 15) is 9.59 Å². The molecule has 0 saturated heterocycles. The highest BCUT2D eigenvalue weighted by molar-refractivity contribution is 7.80. The number of aliphatic hydroxyl groups excluding tert-OH is 1. The van der Waals surface area contributed by atoms with Crippen LogP contribution in [0.15, 0.2) is 0 Å². The maximum Gasteiger partial charge on any atom is 0.330 e. The van der Waals surface area contributed by atoms with Crippen LogP contribution in [0, 0.1) is 0 Å². The Balaban J connectivity index is 4.60. The van der Waals surface area contributed by atoms with Gasteiger partial charge in [0, 0.05) is 19.3 Å². The van der Waals surface area contributed by atoms with Crippen molar-refractivity contribution in [2.24, 2.45) is 0 Å². The first-order valence-electron chi connectivity index (χ1n) is 4.22. The molecule has 0 saturated carbocycles. The number of amides is 1. The first-order valence-corrected chi connectivity index (χ1v) is 4.85. The van der Waals surface area contributed by atoms with Crippen molar-refractivity contribution >= 4 is 24.5 Å². The maximum absolute atomic E-state index is 10.9. The minimum Gasteiger partial charge on any atom is -0.479 e. The molecule has 0 rings (SSSR count). The first-order chi connectivity index (χ1) is 6.48. The quantitative estimate of drug-likeness (QED) is 0.462. The zero-order valence-electron chi connectivity index (χ0n) is 7.99. The van der Waals surface area contributed by atoms with Crippen molar-refractivity contribution in [1.82, 2.24) is 5.32 Å². The normalized spacial score (nSPS) is 14.5. The molecule has 0 fully saturated rings. The molecular weight excluding hydrogens is 206 g/mol. The van der Waals surface area contributed by atoms with Gasteiger partial charge >= 0.3 is 5.97 Å². The number of rotatable bonds is 6. The van der Waals surface area contributed by atoms with Crippen molar-refractivity contribution in [1.29, 1.82) is 0 Å². The molecule has 1 amide bonds. The summed E-state index contributed by atoms with van der Waals surface area (Å²) in [6, 6.07) is 0. The molecule has 0 aromatic heterocycles. The van der Waals surface area contributed by atoms with Gasteiger partial charge in [0.15, 0.2) is 0 Å². The molecule has 0 aromatic rings. The molecule has 0 aliphatic heterocycles. The molecule has 0 heterocycles. The maximum atomic E-state index is 10.9. The minimum atomic E-state index is -1.36. The number of carboxylic acids is 1. The van der Waals surface area contributed by atoms with Gasteiger partial charge in [0.2, 0.25) is 5.91 Å². The van der Waals surface area contributed by atoms with Crippen LogP contribution >= 0.6 is 12.6 Å². The molecule has 5 nitrogen and oxygen atoms in total. The van der Waals surface area contributed by atoms with E-state index in [4.69, 9.17) is 10.2 Å². The summed E-state index contributed by atoms with van der Waals surface area (Å²) >= 11 is 3.91. The van der Waals surface area contributed by atoms with Gasteiger partial charge in [-0.15, -0.1) is 0 Å². The van der Waals surface area contributed by atoms with Crippen LogP contribution in [-0.2, 0) is 9.59 Å². The van der Waals surface area contributed by atoms with E-state index in [2.05, 4.69) is 17.9 Å². The van der Waals surface area contributed by atoms with Crippen molar-refractivity contribution < 1.29 is 19.8 Å². The number of carboxylic acid groups (broad SMARTS) is 1. The summed E-state index contributed by atoms with van der Waals surface area (Å²) < 4.78 is 0. The van der Waals surface area contributed by atoms with E-state index in [0.717, 1.165) is 0 Å². The minimum absolute atomic E-state index is 0.00190. The molecule has 0 aliphatic carbocycles. The fourth-order valence-corrected chi connectivity index (χ4v) is 1.50. The Morgan fingerprint density at radius 2 is 2.07 bits per heavy atom. The zero-order valence-corrected chi connectivity index (χ0v) is 8.88. The highest BCUT2D eigenvalue weighted by Crippen LogP contribution is 2.15. The largest absolute Gasteiger partial charge is 0.479 e. The average molecular weight is 221 g/mol. The van der Waals surface area contributed by atoms with Gasteiger partial charge in [-0.2, -0.15) is 12.6 Å². The summed E-state index contributed by atoms with van der Waals surface area (Å²) in [5.41, 5.74) is -1.36. The smallest absolute Gasteiger partial charge is 0.330 e. The number of nitrogens with one attached hydrogen (secondary N) is 1. The van der Waals surface area contributed by atoms with Crippen LogP contribution in [0.1, 0.15) is 19.8 Å². The molecule has 1 unspecified atom stereocenters. The van der Waals surface area contributed by atoms with E-state index < -0.39 is 17.4 Å². The third-order valence-electron chi connectivity index (χ3n) is 1.86. The van der Waals surface area contributed by atoms with Crippen LogP contribution in [0.4, 0.5) is 0 Å². The van der Waals surface area contributed by atoms with Crippen molar-refractivity contribution in [2.75, 3.05) is 12.4 Å². The van der Waals surface area contributed by atoms with Crippen molar-refractivity contribution in [3.8, 4) is 0 Å². The summed E-state index contributed by atoms with van der Waals surface area (Å²) in [5.74, 6) is -1.54. The van der Waals surface area contributed by atoms with Gasteiger partial charge in [-0.1, -0.05) is 0 Å². The molecule has 82 valence electrons. The third kappa shape index (κ3) is 3.55. The Kier molecular flexibility index (Phi) is 5.56. The lowest BCUT2D eigenvalue weighted by Gasteiger charge is -2.28. The lowest BCUT2D eigenvalue weighted by atomic mass is 9.95. The molecule has 1 atom stereocenters. The van der Waals surface area contributed by atoms with Crippen LogP contribution in [-0.4, -0.2) is 40.0 Å². The van der Waals surface area contributed by atoms with Crippen LogP contribution in [0.5, 0.6) is 0 Å². The molecule has 0 aromatic carbocycles. The predicted molar refractivity (Wildman–Crippen MR) is 54.4 cm³/mol. The zero-order chi connectivity index (χ0) is 11.2. The lowest BCUT2D eigenvalue weighted by Crippen LogP contribution is -2.55. The van der Waals surface area contributed by atoms with Gasteiger partial charge in [0.25, 0.3) is 0 Å². The van der Waals surface area contributed by atoms with E-state index in [0.29, 0.717) is 6.42 Å². The summed E-state index contributed by atoms with van der Waals surface area (Å²) in [6.07, 6.45) is 0.481. The van der Waals surface area contributed by atoms with E-state index in [1.807, 2.05) is 0 Å². The number of carbonyl (C=O) groups excluding carboxylic acids is 1. The average Bonchev–Trinajstić information content (AvgIpc) is 2.11. The summed E-state index contributed by atoms with van der Waals surface area (Å²) in [7, 11) is 0. The molecule has 0 spiro atoms. The second-order valence-corrected chi connectivity index (χ2v) is 3.37. The van der Waals surface area contributed by atoms with Crippen molar-refractivity contribution in [2.45, 2.75) is 25.3 Å². The van der Waals surface area contributed by atoms with Crippen molar-refractivity contribution in [3.05, 3.63) is 0 Å². The summed E-state index contributed by atoms with van der Waals surface area (Å²) in [5, 5.41) is 19.9. The second-order valence-electron chi connectivity index (χ2n) is 3.05. The van der Waals surface area contributed by atoms with Crippen LogP contribution in [0.25, 0.3) is 0 Å². The molecule has 6 heteroatoms. The Hall–Kier alpha value is -0.750. The van der Waals surface area contributed by atoms with Gasteiger partial charge < -0.3 is 15.5 Å². The van der Waals surface area contributed by atoms with Gasteiger partial charge in [0.05, 0.1) is 0 Å². The third-order valence-corrected chi connectivity index (χ3v) is 2.40. The van der Waals surface area contributed by atoms with Crippen molar-refractivity contribution in [3.63, 3.8) is 0 Å². The van der Waals surface area contributed by atoms with E-state index in [1.165, 1.54) is 6.92 Å². The van der Waals surface area contributed by atoms with Crippen LogP contribution in [0.3, 0.4) is 0 Å². The number of hydrogen-bond donors (Lipinski definition) is 4. The fraction of sp³-hybridized carbons (Fsp3) is 0.750. The first kappa shape index (κ1) is 13.2. The summed E-state index contributed by atoms with van der Waals surface area (Å²) in [4.78, 5) is 21.8. The number of thiol groups is 1. The van der Waals surface area contributed by atoms with Gasteiger partial charge in [0.1, 0.15) is 5.54 Å². The highest BCUT2D eigenvalue weighted by Gasteiger charge is 2.37. The Labute approximate surface area is 87.9 Å². The standard InChI is InChI=1S/C8H15NO4S/c1-6(11)9-8(5-14,7(12)13)3-2-4-10/h10,14H,2-5H2,1H3,(H,9,11)(H,12,13). The van der Waals surface area contributed by atoms with E-state index in [-0.39, 0.29) is 18.8 Å². The van der Waals surface area contributed by atoms with E-state index >= 15 is 0 Å². The highest BCUT2D eigenvalue weighted by atomic mass is 32.1. The molecule has 3 N–H and O–H groups in total. The molecule has 0 radical (unpaired) electrons. The fourth-order valence-electron chi connectivity index (χ4n) is 1.13. The number of hydrogen-bond acceptors (Lipinski definition) is 4. The molecule has 14 heavy (non-hydrogen) atoms. The second kappa shape index (κ2) is 5.87. The molecule has 0 aliphatic rings. The summed E-state index contributed by atoms with van der Waals surface area (Å²) in [6.45, 7) is 1.14. The lowest BCUT2D eigenvalue weighted by molar-refractivity contribution is -0.146. The van der Waals surface area contributed by atoms with Gasteiger partial charge in [-0.3, -0.25) is 4.79 Å². The Bertz CT molecular complexity index is 221. The van der Waals surface area contributed by atoms with E-state index in [1.54, 1.807) is 0 Å². The van der Waals surface area contributed by atoms with Crippen LogP contribution in [0.2, 0.25) is 0 Å². The monoisotopic (exact) mass is 221 g/mol. The SMILES string of the molecule is CC(=O)NC(CS)(CCCO)C(=O)O. The van der Waals surface area contributed by atoms with Crippen LogP contribution < -0.4 is 5.32 Å². The van der Waals surface area contributed by atoms with Gasteiger partial charge in [-0.05, 0) is 12.8 Å². The Morgan fingerprint density at radius 1 is 1.50 bits per heavy atom. The number of aliphatic hydroxyl groups is 1. The molecule has 0 bridgehead atoms. The van der Waals surface area contributed by atoms with Gasteiger partial charge in [-0.25, -0.2) is 4.79 Å². The molecular formula is C8H15NO4S. The Morgan fingerprint density at radius 3 is 2.36 bits per heavy atom. The number of carbonyl (C=O) groups is 2. The number of aliphatic carboxylic acids is 1. The predicted octanol–water partition coefficient (Wildman–Crippen LogP) is -0.352.